The normalized spacial score (nSPS) is 16.4. The first-order chi connectivity index (χ1) is 15.7. The van der Waals surface area contributed by atoms with Gasteiger partial charge in [0.2, 0.25) is 5.91 Å². The van der Waals surface area contributed by atoms with Crippen LogP contribution < -0.4 is 10.5 Å². The van der Waals surface area contributed by atoms with E-state index >= 15 is 0 Å². The fourth-order valence-electron chi connectivity index (χ4n) is 4.49. The Labute approximate surface area is 195 Å². The van der Waals surface area contributed by atoms with Crippen LogP contribution in [0.1, 0.15) is 35.5 Å². The van der Waals surface area contributed by atoms with E-state index in [1.165, 1.54) is 16.9 Å². The number of hydrogen-bond acceptors (Lipinski definition) is 7. The van der Waals surface area contributed by atoms with Gasteiger partial charge in [0.05, 0.1) is 11.1 Å². The lowest BCUT2D eigenvalue weighted by atomic mass is 9.97. The summed E-state index contributed by atoms with van der Waals surface area (Å²) in [7, 11) is 0. The van der Waals surface area contributed by atoms with Gasteiger partial charge in [-0.2, -0.15) is 11.8 Å². The fourth-order valence-corrected chi connectivity index (χ4v) is 6.56. The standard InChI is InChI=1S/C23H27N5O2S2/c29-20(28-12-10-27(11-13-28)19-7-3-4-9-24-19)8-14-31-15-18-25-22(30)21-16-5-1-2-6-17(16)32-23(21)26-18/h3-4,7,9H,1-2,5-6,8,10-15H2,(H,25,26,30). The molecule has 0 bridgehead atoms. The third kappa shape index (κ3) is 4.54. The van der Waals surface area contributed by atoms with Gasteiger partial charge in [-0.15, -0.1) is 11.3 Å². The average Bonchev–Trinajstić information content (AvgIpc) is 3.21. The van der Waals surface area contributed by atoms with E-state index in [9.17, 15) is 9.59 Å². The Morgan fingerprint density at radius 1 is 1.16 bits per heavy atom. The Morgan fingerprint density at radius 2 is 2.00 bits per heavy atom. The van der Waals surface area contributed by atoms with Gasteiger partial charge in [-0.25, -0.2) is 9.97 Å². The van der Waals surface area contributed by atoms with E-state index in [4.69, 9.17) is 4.98 Å². The number of nitrogens with one attached hydrogen (secondary N) is 1. The second-order valence-electron chi connectivity index (χ2n) is 8.26. The van der Waals surface area contributed by atoms with Crippen LogP contribution >= 0.6 is 23.1 Å². The molecule has 2 aliphatic rings. The lowest BCUT2D eigenvalue weighted by Gasteiger charge is -2.35. The summed E-state index contributed by atoms with van der Waals surface area (Å²) in [6, 6.07) is 5.91. The van der Waals surface area contributed by atoms with Crippen molar-refractivity contribution in [2.45, 2.75) is 37.9 Å². The zero-order chi connectivity index (χ0) is 21.9. The van der Waals surface area contributed by atoms with Gasteiger partial charge in [0, 0.05) is 49.4 Å². The van der Waals surface area contributed by atoms with Gasteiger partial charge in [0.25, 0.3) is 5.56 Å². The Bertz CT molecular complexity index is 1150. The zero-order valence-corrected chi connectivity index (χ0v) is 19.6. The van der Waals surface area contributed by atoms with Crippen LogP contribution in [0.4, 0.5) is 5.82 Å². The predicted octanol–water partition coefficient (Wildman–Crippen LogP) is 3.23. The highest BCUT2D eigenvalue weighted by atomic mass is 32.2. The van der Waals surface area contributed by atoms with Gasteiger partial charge in [-0.3, -0.25) is 9.59 Å². The third-order valence-electron chi connectivity index (χ3n) is 6.18. The molecule has 0 radical (unpaired) electrons. The van der Waals surface area contributed by atoms with Crippen molar-refractivity contribution >= 4 is 45.0 Å². The van der Waals surface area contributed by atoms with E-state index in [2.05, 4.69) is 14.9 Å². The van der Waals surface area contributed by atoms with Crippen LogP contribution in [0, 0.1) is 0 Å². The van der Waals surface area contributed by atoms with Crippen molar-refractivity contribution < 1.29 is 4.79 Å². The number of H-pyrrole nitrogens is 1. The summed E-state index contributed by atoms with van der Waals surface area (Å²) < 4.78 is 0. The van der Waals surface area contributed by atoms with Gasteiger partial charge in [0.15, 0.2) is 0 Å². The third-order valence-corrected chi connectivity index (χ3v) is 8.33. The van der Waals surface area contributed by atoms with Gasteiger partial charge in [-0.1, -0.05) is 6.07 Å². The highest BCUT2D eigenvalue weighted by Gasteiger charge is 2.22. The highest BCUT2D eigenvalue weighted by Crippen LogP contribution is 2.33. The number of rotatable bonds is 6. The molecule has 4 heterocycles. The summed E-state index contributed by atoms with van der Waals surface area (Å²) in [4.78, 5) is 43.7. The maximum absolute atomic E-state index is 12.6. The first-order valence-electron chi connectivity index (χ1n) is 11.2. The largest absolute Gasteiger partial charge is 0.353 e. The lowest BCUT2D eigenvalue weighted by molar-refractivity contribution is -0.131. The number of thiophene rings is 1. The molecule has 1 aliphatic carbocycles. The number of amides is 1. The van der Waals surface area contributed by atoms with Gasteiger partial charge >= 0.3 is 0 Å². The first kappa shape index (κ1) is 21.5. The number of fused-ring (bicyclic) bond motifs is 3. The van der Waals surface area contributed by atoms with Crippen molar-refractivity contribution in [3.05, 3.63) is 51.0 Å². The van der Waals surface area contributed by atoms with E-state index in [0.29, 0.717) is 18.0 Å². The molecule has 3 aromatic heterocycles. The lowest BCUT2D eigenvalue weighted by Crippen LogP contribution is -2.49. The molecule has 7 nitrogen and oxygen atoms in total. The number of pyridine rings is 1. The molecule has 1 aliphatic heterocycles. The number of nitrogens with zero attached hydrogens (tertiary/aromatic N) is 4. The molecule has 0 spiro atoms. The number of carbonyl (C=O) groups is 1. The molecule has 1 N–H and O–H groups in total. The van der Waals surface area contributed by atoms with Gasteiger partial charge < -0.3 is 14.8 Å². The smallest absolute Gasteiger partial charge is 0.259 e. The van der Waals surface area contributed by atoms with Crippen molar-refractivity contribution in [3.63, 3.8) is 0 Å². The monoisotopic (exact) mass is 469 g/mol. The highest BCUT2D eigenvalue weighted by molar-refractivity contribution is 7.98. The maximum Gasteiger partial charge on any atom is 0.259 e. The Hall–Kier alpha value is -2.39. The summed E-state index contributed by atoms with van der Waals surface area (Å²) >= 11 is 3.33. The molecular formula is C23H27N5O2S2. The number of aromatic nitrogens is 3. The van der Waals surface area contributed by atoms with Crippen molar-refractivity contribution in [3.8, 4) is 0 Å². The molecular weight excluding hydrogens is 442 g/mol. The van der Waals surface area contributed by atoms with Crippen molar-refractivity contribution in [1.29, 1.82) is 0 Å². The molecule has 0 unspecified atom stereocenters. The summed E-state index contributed by atoms with van der Waals surface area (Å²) in [6.45, 7) is 3.08. The van der Waals surface area contributed by atoms with E-state index < -0.39 is 0 Å². The molecule has 0 atom stereocenters. The number of carbonyl (C=O) groups excluding carboxylic acids is 1. The number of hydrogen-bond donors (Lipinski definition) is 1. The Kier molecular flexibility index (Phi) is 6.45. The van der Waals surface area contributed by atoms with Crippen LogP contribution in [0.25, 0.3) is 10.2 Å². The van der Waals surface area contributed by atoms with Crippen LogP contribution in [0.5, 0.6) is 0 Å². The molecule has 32 heavy (non-hydrogen) atoms. The molecule has 168 valence electrons. The molecule has 3 aromatic rings. The summed E-state index contributed by atoms with van der Waals surface area (Å²) in [5.41, 5.74) is 1.21. The van der Waals surface area contributed by atoms with Gasteiger partial charge in [0.1, 0.15) is 16.5 Å². The van der Waals surface area contributed by atoms with Crippen LogP contribution in [0.15, 0.2) is 29.2 Å². The Morgan fingerprint density at radius 3 is 2.81 bits per heavy atom. The first-order valence-corrected chi connectivity index (χ1v) is 13.2. The van der Waals surface area contributed by atoms with Crippen molar-refractivity contribution in [1.82, 2.24) is 19.9 Å². The van der Waals surface area contributed by atoms with Crippen LogP contribution in [0.3, 0.4) is 0 Å². The van der Waals surface area contributed by atoms with Crippen molar-refractivity contribution in [2.24, 2.45) is 0 Å². The fraction of sp³-hybridized carbons (Fsp3) is 0.478. The second kappa shape index (κ2) is 9.62. The van der Waals surface area contributed by atoms with Crippen LogP contribution in [0.2, 0.25) is 0 Å². The number of piperazine rings is 1. The Balaban J connectivity index is 1.10. The number of aryl methyl sites for hydroxylation is 2. The number of thioether (sulfide) groups is 1. The minimum atomic E-state index is -0.00754. The van der Waals surface area contributed by atoms with E-state index in [-0.39, 0.29) is 11.5 Å². The van der Waals surface area contributed by atoms with E-state index in [1.807, 2.05) is 23.1 Å². The SMILES string of the molecule is O=C(CCSCc1nc2sc3c(c2c(=O)[nH]1)CCCC3)N1CCN(c2ccccn2)CC1. The number of aromatic amines is 1. The van der Waals surface area contributed by atoms with Crippen LogP contribution in [-0.4, -0.2) is 57.7 Å². The molecule has 0 aromatic carbocycles. The summed E-state index contributed by atoms with van der Waals surface area (Å²) in [6.07, 6.45) is 6.73. The zero-order valence-electron chi connectivity index (χ0n) is 18.0. The molecule has 5 rings (SSSR count). The average molecular weight is 470 g/mol. The molecule has 1 amide bonds. The molecule has 0 saturated carbocycles. The second-order valence-corrected chi connectivity index (χ2v) is 10.5. The summed E-state index contributed by atoms with van der Waals surface area (Å²) in [5.74, 6) is 3.22. The van der Waals surface area contributed by atoms with Crippen LogP contribution in [-0.2, 0) is 23.4 Å². The predicted molar refractivity (Wildman–Crippen MR) is 131 cm³/mol. The van der Waals surface area contributed by atoms with Gasteiger partial charge in [-0.05, 0) is 43.4 Å². The molecule has 9 heteroatoms. The quantitative estimate of drug-likeness (QED) is 0.558. The maximum atomic E-state index is 12.6. The van der Waals surface area contributed by atoms with E-state index in [1.54, 1.807) is 29.3 Å². The number of anilines is 1. The minimum Gasteiger partial charge on any atom is -0.353 e. The molecule has 1 saturated heterocycles. The van der Waals surface area contributed by atoms with Crippen molar-refractivity contribution in [2.75, 3.05) is 36.8 Å². The minimum absolute atomic E-state index is 0.00754. The summed E-state index contributed by atoms with van der Waals surface area (Å²) in [5, 5.41) is 0.804. The van der Waals surface area contributed by atoms with E-state index in [0.717, 1.165) is 67.2 Å². The molecule has 1 fully saturated rings. The topological polar surface area (TPSA) is 82.2 Å².